The second kappa shape index (κ2) is 2.72. The van der Waals surface area contributed by atoms with Crippen molar-refractivity contribution in [2.75, 3.05) is 11.4 Å². The summed E-state index contributed by atoms with van der Waals surface area (Å²) in [6.07, 6.45) is 0. The van der Waals surface area contributed by atoms with Crippen LogP contribution in [0.25, 0.3) is 0 Å². The van der Waals surface area contributed by atoms with E-state index in [4.69, 9.17) is 0 Å². The average molecular weight is 185 g/mol. The topological polar surface area (TPSA) is 3.24 Å². The summed E-state index contributed by atoms with van der Waals surface area (Å²) in [5, 5.41) is 4.28. The predicted molar refractivity (Wildman–Crippen MR) is 52.7 cm³/mol. The van der Waals surface area contributed by atoms with Crippen LogP contribution in [0.2, 0.25) is 0 Å². The fourth-order valence-electron chi connectivity index (χ4n) is 1.40. The predicted octanol–water partition coefficient (Wildman–Crippen LogP) is 3.03. The van der Waals surface area contributed by atoms with Gasteiger partial charge >= 0.3 is 0 Å². The molecule has 1 aliphatic heterocycles. The Labute approximate surface area is 75.4 Å². The first kappa shape index (κ1) is 7.50. The molecule has 0 radical (unpaired) electrons. The van der Waals surface area contributed by atoms with Crippen LogP contribution < -0.4 is 4.90 Å². The number of hydrogen-bond donors (Lipinski definition) is 0. The van der Waals surface area contributed by atoms with E-state index in [9.17, 15) is 0 Å². The lowest BCUT2D eigenvalue weighted by Crippen LogP contribution is -2.25. The number of fused-ring (bicyclic) bond motifs is 1. The zero-order valence-electron chi connectivity index (χ0n) is 6.70. The molecule has 0 aromatic carbocycles. The first-order valence-electron chi connectivity index (χ1n) is 3.83. The van der Waals surface area contributed by atoms with Crippen molar-refractivity contribution in [3.63, 3.8) is 0 Å². The van der Waals surface area contributed by atoms with E-state index in [1.165, 1.54) is 9.90 Å². The van der Waals surface area contributed by atoms with E-state index >= 15 is 0 Å². The van der Waals surface area contributed by atoms with Gasteiger partial charge in [-0.15, -0.1) is 11.3 Å². The van der Waals surface area contributed by atoms with Crippen LogP contribution in [0.4, 0.5) is 5.00 Å². The van der Waals surface area contributed by atoms with Crippen molar-refractivity contribution >= 4 is 28.1 Å². The van der Waals surface area contributed by atoms with Crippen LogP contribution in [0.15, 0.2) is 16.3 Å². The number of thiophene rings is 1. The van der Waals surface area contributed by atoms with Gasteiger partial charge in [0.15, 0.2) is 0 Å². The molecule has 1 aromatic rings. The Morgan fingerprint density at radius 2 is 2.45 bits per heavy atom. The van der Waals surface area contributed by atoms with Crippen molar-refractivity contribution < 1.29 is 0 Å². The van der Waals surface area contributed by atoms with Crippen LogP contribution in [-0.2, 0) is 0 Å². The molecule has 3 heteroatoms. The van der Waals surface area contributed by atoms with Crippen molar-refractivity contribution in [2.24, 2.45) is 0 Å². The van der Waals surface area contributed by atoms with E-state index < -0.39 is 0 Å². The van der Waals surface area contributed by atoms with Gasteiger partial charge in [0.2, 0.25) is 0 Å². The van der Waals surface area contributed by atoms with Crippen LogP contribution in [0.1, 0.15) is 13.8 Å². The van der Waals surface area contributed by atoms with Crippen molar-refractivity contribution in [1.29, 1.82) is 0 Å². The molecule has 0 amide bonds. The Morgan fingerprint density at radius 3 is 3.18 bits per heavy atom. The normalized spacial score (nSPS) is 22.4. The Bertz CT molecular complexity index is 256. The van der Waals surface area contributed by atoms with E-state index in [2.05, 4.69) is 30.2 Å². The maximum Gasteiger partial charge on any atom is 0.106 e. The Kier molecular flexibility index (Phi) is 1.85. The first-order valence-corrected chi connectivity index (χ1v) is 5.59. The molecule has 60 valence electrons. The highest BCUT2D eigenvalue weighted by atomic mass is 32.2. The monoisotopic (exact) mass is 185 g/mol. The zero-order chi connectivity index (χ0) is 7.84. The van der Waals surface area contributed by atoms with E-state index in [0.29, 0.717) is 5.37 Å². The molecule has 1 aromatic heterocycles. The maximum absolute atomic E-state index is 2.45. The lowest BCUT2D eigenvalue weighted by Gasteiger charge is -2.20. The molecule has 2 rings (SSSR count). The molecule has 1 aliphatic rings. The maximum atomic E-state index is 2.45. The molecule has 0 aliphatic carbocycles. The molecule has 0 fully saturated rings. The molecule has 0 saturated heterocycles. The highest BCUT2D eigenvalue weighted by Crippen LogP contribution is 2.46. The third kappa shape index (κ3) is 1.07. The van der Waals surface area contributed by atoms with Crippen LogP contribution in [0.5, 0.6) is 0 Å². The highest BCUT2D eigenvalue weighted by molar-refractivity contribution is 8.00. The summed E-state index contributed by atoms with van der Waals surface area (Å²) < 4.78 is 0. The van der Waals surface area contributed by atoms with Gasteiger partial charge in [0.05, 0.1) is 5.37 Å². The van der Waals surface area contributed by atoms with Crippen LogP contribution in [-0.4, -0.2) is 11.9 Å². The summed E-state index contributed by atoms with van der Waals surface area (Å²) in [6, 6.07) is 2.22. The molecule has 1 atom stereocenters. The molecule has 0 bridgehead atoms. The lowest BCUT2D eigenvalue weighted by molar-refractivity contribution is 0.843. The van der Waals surface area contributed by atoms with Gasteiger partial charge < -0.3 is 4.90 Å². The minimum atomic E-state index is 0.641. The molecular formula is C8H11NS2. The van der Waals surface area contributed by atoms with Crippen LogP contribution in [0, 0.1) is 0 Å². The van der Waals surface area contributed by atoms with Gasteiger partial charge in [0, 0.05) is 11.4 Å². The minimum Gasteiger partial charge on any atom is -0.351 e. The standard InChI is InChI=1S/C8H11NS2/c1-3-9-6(2)11-7-4-5-10-8(7)9/h4-6H,3H2,1-2H3. The van der Waals surface area contributed by atoms with Crippen molar-refractivity contribution in [3.05, 3.63) is 11.4 Å². The van der Waals surface area contributed by atoms with Crippen LogP contribution in [0.3, 0.4) is 0 Å². The van der Waals surface area contributed by atoms with Gasteiger partial charge in [-0.25, -0.2) is 0 Å². The van der Waals surface area contributed by atoms with Gasteiger partial charge in [-0.2, -0.15) is 0 Å². The molecular weight excluding hydrogens is 174 g/mol. The van der Waals surface area contributed by atoms with E-state index in [0.717, 1.165) is 6.54 Å². The average Bonchev–Trinajstić information content (AvgIpc) is 2.46. The number of rotatable bonds is 1. The third-order valence-corrected chi connectivity index (χ3v) is 4.21. The smallest absolute Gasteiger partial charge is 0.106 e. The van der Waals surface area contributed by atoms with Crippen molar-refractivity contribution in [3.8, 4) is 0 Å². The van der Waals surface area contributed by atoms with Crippen LogP contribution >= 0.6 is 23.1 Å². The summed E-state index contributed by atoms with van der Waals surface area (Å²) in [4.78, 5) is 3.91. The summed E-state index contributed by atoms with van der Waals surface area (Å²) >= 11 is 3.82. The van der Waals surface area contributed by atoms with E-state index in [1.54, 1.807) is 0 Å². The third-order valence-electron chi connectivity index (χ3n) is 1.95. The molecule has 1 unspecified atom stereocenters. The molecule has 0 N–H and O–H groups in total. The molecule has 1 nitrogen and oxygen atoms in total. The second-order valence-corrected chi connectivity index (χ2v) is 4.85. The summed E-state index contributed by atoms with van der Waals surface area (Å²) in [5.74, 6) is 0. The largest absolute Gasteiger partial charge is 0.351 e. The number of thioether (sulfide) groups is 1. The fraction of sp³-hybridized carbons (Fsp3) is 0.500. The SMILES string of the molecule is CCN1c2sccc2SC1C. The van der Waals surface area contributed by atoms with Crippen molar-refractivity contribution in [1.82, 2.24) is 0 Å². The summed E-state index contributed by atoms with van der Waals surface area (Å²) in [7, 11) is 0. The van der Waals surface area contributed by atoms with Crippen molar-refractivity contribution in [2.45, 2.75) is 24.1 Å². The Balaban J connectivity index is 2.35. The quantitative estimate of drug-likeness (QED) is 0.661. The van der Waals surface area contributed by atoms with Gasteiger partial charge in [-0.05, 0) is 25.3 Å². The highest BCUT2D eigenvalue weighted by Gasteiger charge is 2.25. The van der Waals surface area contributed by atoms with Gasteiger partial charge in [-0.3, -0.25) is 0 Å². The number of hydrogen-bond acceptors (Lipinski definition) is 3. The lowest BCUT2D eigenvalue weighted by atomic mass is 10.5. The second-order valence-electron chi connectivity index (χ2n) is 2.59. The summed E-state index contributed by atoms with van der Waals surface area (Å²) in [6.45, 7) is 5.61. The Morgan fingerprint density at radius 1 is 1.64 bits per heavy atom. The zero-order valence-corrected chi connectivity index (χ0v) is 8.34. The fourth-order valence-corrected chi connectivity index (χ4v) is 3.90. The van der Waals surface area contributed by atoms with Gasteiger partial charge in [0.1, 0.15) is 5.00 Å². The molecule has 11 heavy (non-hydrogen) atoms. The van der Waals surface area contributed by atoms with Gasteiger partial charge in [0.25, 0.3) is 0 Å². The van der Waals surface area contributed by atoms with Gasteiger partial charge in [-0.1, -0.05) is 11.8 Å². The molecule has 2 heterocycles. The Hall–Kier alpha value is -0.150. The molecule has 0 saturated carbocycles. The summed E-state index contributed by atoms with van der Waals surface area (Å²) in [5.41, 5.74) is 0. The molecule has 0 spiro atoms. The first-order chi connectivity index (χ1) is 5.33. The van der Waals surface area contributed by atoms with E-state index in [1.807, 2.05) is 23.1 Å². The minimum absolute atomic E-state index is 0.641. The number of anilines is 1. The van der Waals surface area contributed by atoms with E-state index in [-0.39, 0.29) is 0 Å². The number of nitrogens with zero attached hydrogens (tertiary/aromatic N) is 1.